The van der Waals surface area contributed by atoms with Crippen molar-refractivity contribution >= 4 is 17.1 Å². The largest absolute Gasteiger partial charge is 0.377 e. The molecule has 1 fully saturated rings. The van der Waals surface area contributed by atoms with Gasteiger partial charge in [0, 0.05) is 6.20 Å². The molecule has 1 amide bonds. The number of anilines is 1. The first-order chi connectivity index (χ1) is 9.16. The van der Waals surface area contributed by atoms with E-state index in [9.17, 15) is 9.18 Å². The van der Waals surface area contributed by atoms with Crippen LogP contribution in [0.15, 0.2) is 24.5 Å². The Bertz CT molecular complexity index is 624. The second kappa shape index (κ2) is 4.53. The summed E-state index contributed by atoms with van der Waals surface area (Å²) in [6, 6.07) is 3.38. The smallest absolute Gasteiger partial charge is 0.252 e. The number of carbonyl (C=O) groups is 1. The molecule has 0 aliphatic heterocycles. The number of hydrogen-bond acceptors (Lipinski definition) is 3. The lowest BCUT2D eigenvalue weighted by Gasteiger charge is -2.19. The fraction of sp³-hybridized carbons (Fsp3) is 0.385. The molecule has 3 N–H and O–H groups in total. The number of hydrogen-bond donors (Lipinski definition) is 2. The van der Waals surface area contributed by atoms with Crippen LogP contribution in [0.1, 0.15) is 29.6 Å². The molecule has 19 heavy (non-hydrogen) atoms. The zero-order chi connectivity index (χ0) is 13.4. The number of fused-ring (bicyclic) bond motifs is 1. The van der Waals surface area contributed by atoms with E-state index in [4.69, 9.17) is 5.73 Å². The van der Waals surface area contributed by atoms with Gasteiger partial charge in [-0.2, -0.15) is 5.10 Å². The summed E-state index contributed by atoms with van der Waals surface area (Å²) in [4.78, 5) is 11.5. The van der Waals surface area contributed by atoms with Crippen molar-refractivity contribution in [3.8, 4) is 0 Å². The molecule has 1 saturated carbocycles. The highest BCUT2D eigenvalue weighted by Crippen LogP contribution is 2.29. The Morgan fingerprint density at radius 1 is 1.53 bits per heavy atom. The molecule has 0 spiro atoms. The van der Waals surface area contributed by atoms with E-state index in [1.54, 1.807) is 10.7 Å². The number of nitrogens with zero attached hydrogens (tertiary/aromatic N) is 2. The van der Waals surface area contributed by atoms with Crippen LogP contribution in [0.5, 0.6) is 0 Å². The van der Waals surface area contributed by atoms with E-state index in [-0.39, 0.29) is 6.04 Å². The van der Waals surface area contributed by atoms with Crippen molar-refractivity contribution < 1.29 is 9.18 Å². The molecule has 1 aliphatic carbocycles. The quantitative estimate of drug-likeness (QED) is 0.884. The lowest BCUT2D eigenvalue weighted by Crippen LogP contribution is -2.27. The minimum Gasteiger partial charge on any atom is -0.377 e. The van der Waals surface area contributed by atoms with Crippen molar-refractivity contribution in [1.29, 1.82) is 0 Å². The van der Waals surface area contributed by atoms with Crippen molar-refractivity contribution in [3.63, 3.8) is 0 Å². The van der Waals surface area contributed by atoms with Gasteiger partial charge in [0.15, 0.2) is 0 Å². The lowest BCUT2D eigenvalue weighted by molar-refractivity contribution is 0.100. The predicted octanol–water partition coefficient (Wildman–Crippen LogP) is 1.74. The highest BCUT2D eigenvalue weighted by Gasteiger charge is 2.28. The summed E-state index contributed by atoms with van der Waals surface area (Å²) in [5.74, 6) is -0.563. The Morgan fingerprint density at radius 3 is 3.05 bits per heavy atom. The van der Waals surface area contributed by atoms with E-state index in [0.717, 1.165) is 18.4 Å². The van der Waals surface area contributed by atoms with Crippen LogP contribution in [-0.2, 0) is 0 Å². The maximum atomic E-state index is 13.7. The Hall–Kier alpha value is -2.11. The minimum atomic E-state index is -0.885. The zero-order valence-electron chi connectivity index (χ0n) is 10.3. The highest BCUT2D eigenvalue weighted by molar-refractivity contribution is 6.01. The number of amides is 1. The Kier molecular flexibility index (Phi) is 2.85. The summed E-state index contributed by atoms with van der Waals surface area (Å²) in [5.41, 5.74) is 6.96. The van der Waals surface area contributed by atoms with E-state index in [1.807, 2.05) is 12.1 Å². The molecule has 3 rings (SSSR count). The van der Waals surface area contributed by atoms with Crippen LogP contribution in [-0.4, -0.2) is 27.7 Å². The molecule has 0 bridgehead atoms. The number of halogens is 1. The number of carbonyl (C=O) groups excluding carboxylic acids is 1. The Labute approximate surface area is 109 Å². The fourth-order valence-corrected chi connectivity index (χ4v) is 2.59. The van der Waals surface area contributed by atoms with Crippen molar-refractivity contribution in [2.45, 2.75) is 31.5 Å². The summed E-state index contributed by atoms with van der Waals surface area (Å²) in [6.45, 7) is 0. The topological polar surface area (TPSA) is 72.4 Å². The van der Waals surface area contributed by atoms with Crippen molar-refractivity contribution in [2.75, 3.05) is 5.32 Å². The van der Waals surface area contributed by atoms with Gasteiger partial charge in [0.05, 0.1) is 29.0 Å². The van der Waals surface area contributed by atoms with E-state index in [2.05, 4.69) is 10.4 Å². The standard InChI is InChI=1S/C13H15FN4O/c14-9-3-1-4-10(9)17-12-8(13(15)19)7-16-18-6-2-5-11(12)18/h2,5-7,9-10,17H,1,3-4H2,(H2,15,19)/t9-,10+/m0/s1. The Balaban J connectivity index is 2.05. The van der Waals surface area contributed by atoms with Crippen molar-refractivity contribution in [3.05, 3.63) is 30.1 Å². The summed E-state index contributed by atoms with van der Waals surface area (Å²) < 4.78 is 15.4. The summed E-state index contributed by atoms with van der Waals surface area (Å²) >= 11 is 0. The molecule has 100 valence electrons. The second-order valence-corrected chi connectivity index (χ2v) is 4.83. The molecule has 0 saturated heterocycles. The summed E-state index contributed by atoms with van der Waals surface area (Å²) in [6.07, 6.45) is 4.48. The average molecular weight is 262 g/mol. The molecule has 0 radical (unpaired) electrons. The molecule has 5 nitrogen and oxygen atoms in total. The van der Waals surface area contributed by atoms with Crippen LogP contribution in [0.4, 0.5) is 10.1 Å². The molecule has 0 aromatic carbocycles. The molecule has 0 unspecified atom stereocenters. The average Bonchev–Trinajstić information content (AvgIpc) is 2.99. The Morgan fingerprint density at radius 2 is 2.37 bits per heavy atom. The molecule has 2 aromatic rings. The number of aromatic nitrogens is 2. The van der Waals surface area contributed by atoms with Gasteiger partial charge >= 0.3 is 0 Å². The number of primary amides is 1. The van der Waals surface area contributed by atoms with Crippen molar-refractivity contribution in [1.82, 2.24) is 9.61 Å². The van der Waals surface area contributed by atoms with Gasteiger partial charge in [-0.25, -0.2) is 8.91 Å². The van der Waals surface area contributed by atoms with Crippen LogP contribution in [0.3, 0.4) is 0 Å². The third-order valence-corrected chi connectivity index (χ3v) is 3.59. The van der Waals surface area contributed by atoms with Gasteiger partial charge in [-0.1, -0.05) is 0 Å². The molecule has 1 aliphatic rings. The normalized spacial score (nSPS) is 22.8. The number of rotatable bonds is 3. The van der Waals surface area contributed by atoms with Gasteiger partial charge in [0.2, 0.25) is 0 Å². The van der Waals surface area contributed by atoms with E-state index >= 15 is 0 Å². The van der Waals surface area contributed by atoms with Gasteiger partial charge in [-0.3, -0.25) is 4.79 Å². The van der Waals surface area contributed by atoms with Crippen LogP contribution >= 0.6 is 0 Å². The third-order valence-electron chi connectivity index (χ3n) is 3.59. The summed E-state index contributed by atoms with van der Waals surface area (Å²) in [5, 5.41) is 7.23. The molecule has 6 heteroatoms. The number of nitrogens with one attached hydrogen (secondary N) is 1. The maximum Gasteiger partial charge on any atom is 0.252 e. The molecule has 2 atom stereocenters. The predicted molar refractivity (Wildman–Crippen MR) is 69.9 cm³/mol. The molecular weight excluding hydrogens is 247 g/mol. The van der Waals surface area contributed by atoms with Crippen LogP contribution in [0.25, 0.3) is 5.52 Å². The highest BCUT2D eigenvalue weighted by atomic mass is 19.1. The van der Waals surface area contributed by atoms with Gasteiger partial charge in [-0.05, 0) is 31.4 Å². The number of alkyl halides is 1. The van der Waals surface area contributed by atoms with Crippen LogP contribution in [0, 0.1) is 0 Å². The van der Waals surface area contributed by atoms with Gasteiger partial charge in [0.1, 0.15) is 6.17 Å². The zero-order valence-corrected chi connectivity index (χ0v) is 10.3. The van der Waals surface area contributed by atoms with Gasteiger partial charge in [0.25, 0.3) is 5.91 Å². The van der Waals surface area contributed by atoms with Crippen molar-refractivity contribution in [2.24, 2.45) is 5.73 Å². The monoisotopic (exact) mass is 262 g/mol. The third kappa shape index (κ3) is 2.03. The van der Waals surface area contributed by atoms with Gasteiger partial charge < -0.3 is 11.1 Å². The van der Waals surface area contributed by atoms with E-state index in [0.29, 0.717) is 17.7 Å². The van der Waals surface area contributed by atoms with Crippen LogP contribution < -0.4 is 11.1 Å². The molecule has 2 heterocycles. The first-order valence-corrected chi connectivity index (χ1v) is 6.33. The van der Waals surface area contributed by atoms with E-state index in [1.165, 1.54) is 6.20 Å². The first-order valence-electron chi connectivity index (χ1n) is 6.33. The SMILES string of the molecule is NC(=O)c1cnn2cccc2c1N[C@@H]1CCC[C@@H]1F. The van der Waals surface area contributed by atoms with Gasteiger partial charge in [-0.15, -0.1) is 0 Å². The second-order valence-electron chi connectivity index (χ2n) is 4.83. The lowest BCUT2D eigenvalue weighted by atomic mass is 10.1. The first kappa shape index (κ1) is 12.0. The van der Waals surface area contributed by atoms with Crippen LogP contribution in [0.2, 0.25) is 0 Å². The number of nitrogens with two attached hydrogens (primary N) is 1. The van der Waals surface area contributed by atoms with E-state index < -0.39 is 12.1 Å². The maximum absolute atomic E-state index is 13.7. The fourth-order valence-electron chi connectivity index (χ4n) is 2.59. The molecule has 2 aromatic heterocycles. The minimum absolute atomic E-state index is 0.265. The molecular formula is C13H15FN4O. The summed E-state index contributed by atoms with van der Waals surface area (Å²) in [7, 11) is 0.